The van der Waals surface area contributed by atoms with Gasteiger partial charge in [0, 0.05) is 31.0 Å². The molecule has 0 fully saturated rings. The number of rotatable bonds is 8. The number of nitrogens with zero attached hydrogens (tertiary/aromatic N) is 1. The van der Waals surface area contributed by atoms with Crippen LogP contribution in [0.25, 0.3) is 0 Å². The lowest BCUT2D eigenvalue weighted by molar-refractivity contribution is 0.583. The Balaban J connectivity index is 1.64. The molecule has 128 valence electrons. The van der Waals surface area contributed by atoms with Crippen molar-refractivity contribution in [2.45, 2.75) is 13.5 Å². The number of anilines is 2. The van der Waals surface area contributed by atoms with Gasteiger partial charge in [-0.2, -0.15) is 0 Å². The zero-order chi connectivity index (χ0) is 17.3. The Bertz CT molecular complexity index is 726. The molecule has 0 aliphatic rings. The summed E-state index contributed by atoms with van der Waals surface area (Å²) in [6, 6.07) is 31.8. The highest BCUT2D eigenvalue weighted by Gasteiger charge is 2.12. The lowest BCUT2D eigenvalue weighted by Crippen LogP contribution is -2.31. The quantitative estimate of drug-likeness (QED) is 0.591. The summed E-state index contributed by atoms with van der Waals surface area (Å²) in [5.74, 6) is 0.532. The average Bonchev–Trinajstić information content (AvgIpc) is 2.68. The molecule has 0 spiro atoms. The van der Waals surface area contributed by atoms with Crippen LogP contribution in [0, 0.1) is 5.92 Å². The highest BCUT2D eigenvalue weighted by molar-refractivity contribution is 5.47. The molecule has 0 bridgehead atoms. The molecule has 2 nitrogen and oxygen atoms in total. The summed E-state index contributed by atoms with van der Waals surface area (Å²) in [6.45, 7) is 5.21. The van der Waals surface area contributed by atoms with Gasteiger partial charge in [-0.25, -0.2) is 0 Å². The normalized spacial score (nSPS) is 11.7. The van der Waals surface area contributed by atoms with Crippen molar-refractivity contribution >= 4 is 11.4 Å². The number of hydrogen-bond donors (Lipinski definition) is 1. The average molecular weight is 330 g/mol. The topological polar surface area (TPSA) is 15.3 Å². The van der Waals surface area contributed by atoms with Crippen LogP contribution in [0.3, 0.4) is 0 Å². The molecule has 0 saturated carbocycles. The molecular weight excluding hydrogens is 304 g/mol. The van der Waals surface area contributed by atoms with Gasteiger partial charge < -0.3 is 10.2 Å². The fourth-order valence-corrected chi connectivity index (χ4v) is 2.99. The molecule has 25 heavy (non-hydrogen) atoms. The second-order valence-corrected chi connectivity index (χ2v) is 6.55. The van der Waals surface area contributed by atoms with E-state index in [0.717, 1.165) is 19.6 Å². The molecule has 3 aromatic rings. The third-order valence-electron chi connectivity index (χ3n) is 4.30. The van der Waals surface area contributed by atoms with Crippen molar-refractivity contribution in [2.75, 3.05) is 23.3 Å². The van der Waals surface area contributed by atoms with E-state index in [1.54, 1.807) is 0 Å². The van der Waals surface area contributed by atoms with Crippen molar-refractivity contribution in [3.8, 4) is 0 Å². The van der Waals surface area contributed by atoms with Crippen molar-refractivity contribution in [3.05, 3.63) is 96.6 Å². The molecule has 0 radical (unpaired) electrons. The Kier molecular flexibility index (Phi) is 6.11. The molecule has 0 aromatic heterocycles. The fourth-order valence-electron chi connectivity index (χ4n) is 2.99. The number of nitrogens with one attached hydrogen (secondary N) is 1. The van der Waals surface area contributed by atoms with Gasteiger partial charge in [-0.15, -0.1) is 0 Å². The van der Waals surface area contributed by atoms with E-state index < -0.39 is 0 Å². The van der Waals surface area contributed by atoms with Crippen LogP contribution in [0.4, 0.5) is 11.4 Å². The van der Waals surface area contributed by atoms with Gasteiger partial charge in [-0.1, -0.05) is 73.7 Å². The van der Waals surface area contributed by atoms with Crippen molar-refractivity contribution in [1.29, 1.82) is 0 Å². The number of hydrogen-bond acceptors (Lipinski definition) is 2. The van der Waals surface area contributed by atoms with Gasteiger partial charge in [0.15, 0.2) is 0 Å². The molecule has 0 saturated heterocycles. The minimum absolute atomic E-state index is 0.532. The van der Waals surface area contributed by atoms with Crippen molar-refractivity contribution < 1.29 is 0 Å². The third kappa shape index (κ3) is 5.39. The van der Waals surface area contributed by atoms with Crippen LogP contribution >= 0.6 is 0 Å². The molecule has 0 heterocycles. The van der Waals surface area contributed by atoms with Gasteiger partial charge in [0.2, 0.25) is 0 Å². The van der Waals surface area contributed by atoms with Crippen LogP contribution < -0.4 is 10.2 Å². The maximum atomic E-state index is 3.54. The largest absolute Gasteiger partial charge is 0.385 e. The summed E-state index contributed by atoms with van der Waals surface area (Å²) in [4.78, 5) is 2.46. The molecule has 2 heteroatoms. The maximum absolute atomic E-state index is 3.54. The van der Waals surface area contributed by atoms with Gasteiger partial charge in [-0.05, 0) is 35.7 Å². The second-order valence-electron chi connectivity index (χ2n) is 6.55. The fraction of sp³-hybridized carbons (Fsp3) is 0.217. The molecule has 0 aliphatic heterocycles. The van der Waals surface area contributed by atoms with E-state index in [9.17, 15) is 0 Å². The van der Waals surface area contributed by atoms with E-state index in [0.29, 0.717) is 5.92 Å². The smallest absolute Gasteiger partial charge is 0.0429 e. The van der Waals surface area contributed by atoms with Crippen LogP contribution in [0.5, 0.6) is 0 Å². The van der Waals surface area contributed by atoms with Crippen LogP contribution in [0.1, 0.15) is 12.5 Å². The van der Waals surface area contributed by atoms with E-state index in [-0.39, 0.29) is 0 Å². The zero-order valence-corrected chi connectivity index (χ0v) is 14.8. The summed E-state index contributed by atoms with van der Waals surface area (Å²) in [5, 5.41) is 3.54. The van der Waals surface area contributed by atoms with Crippen molar-refractivity contribution in [3.63, 3.8) is 0 Å². The second kappa shape index (κ2) is 8.93. The maximum Gasteiger partial charge on any atom is 0.0429 e. The first-order valence-electron chi connectivity index (χ1n) is 8.94. The predicted molar refractivity (Wildman–Crippen MR) is 108 cm³/mol. The molecule has 3 aromatic carbocycles. The highest BCUT2D eigenvalue weighted by Crippen LogP contribution is 2.19. The van der Waals surface area contributed by atoms with Gasteiger partial charge >= 0.3 is 0 Å². The predicted octanol–water partition coefficient (Wildman–Crippen LogP) is 5.44. The Morgan fingerprint density at radius 2 is 1.32 bits per heavy atom. The van der Waals surface area contributed by atoms with Crippen molar-refractivity contribution in [2.24, 2.45) is 5.92 Å². The Morgan fingerprint density at radius 1 is 0.760 bits per heavy atom. The van der Waals surface area contributed by atoms with Crippen LogP contribution in [-0.2, 0) is 6.54 Å². The van der Waals surface area contributed by atoms with Gasteiger partial charge in [0.25, 0.3) is 0 Å². The monoisotopic (exact) mass is 330 g/mol. The lowest BCUT2D eigenvalue weighted by Gasteiger charge is -2.28. The number of para-hydroxylation sites is 2. The van der Waals surface area contributed by atoms with E-state index in [2.05, 4.69) is 102 Å². The van der Waals surface area contributed by atoms with Crippen LogP contribution in [-0.4, -0.2) is 13.1 Å². The van der Waals surface area contributed by atoms with Crippen LogP contribution in [0.15, 0.2) is 91.0 Å². The Morgan fingerprint density at radius 3 is 1.96 bits per heavy atom. The summed E-state index contributed by atoms with van der Waals surface area (Å²) >= 11 is 0. The standard InChI is InChI=1S/C23H26N2/c1-20(17-24-22-13-7-3-8-14-22)18-25(23-15-9-4-10-16-23)19-21-11-5-2-6-12-21/h2-16,20,24H,17-19H2,1H3/t20-/m0/s1. The number of benzene rings is 3. The van der Waals surface area contributed by atoms with E-state index >= 15 is 0 Å². The van der Waals surface area contributed by atoms with Gasteiger partial charge in [-0.3, -0.25) is 0 Å². The zero-order valence-electron chi connectivity index (χ0n) is 14.8. The first-order valence-corrected chi connectivity index (χ1v) is 8.94. The molecular formula is C23H26N2. The first kappa shape index (κ1) is 17.1. The highest BCUT2D eigenvalue weighted by atomic mass is 15.1. The van der Waals surface area contributed by atoms with Gasteiger partial charge in [0.05, 0.1) is 0 Å². The molecule has 1 atom stereocenters. The molecule has 3 rings (SSSR count). The summed E-state index contributed by atoms with van der Waals surface area (Å²) in [5.41, 5.74) is 3.80. The van der Waals surface area contributed by atoms with E-state index in [1.807, 2.05) is 6.07 Å². The summed E-state index contributed by atoms with van der Waals surface area (Å²) in [7, 11) is 0. The lowest BCUT2D eigenvalue weighted by atomic mass is 10.1. The summed E-state index contributed by atoms with van der Waals surface area (Å²) in [6.07, 6.45) is 0. The minimum Gasteiger partial charge on any atom is -0.385 e. The first-order chi connectivity index (χ1) is 12.3. The summed E-state index contributed by atoms with van der Waals surface area (Å²) < 4.78 is 0. The SMILES string of the molecule is C[C@@H](CNc1ccccc1)CN(Cc1ccccc1)c1ccccc1. The Hall–Kier alpha value is -2.74. The molecule has 0 aliphatic carbocycles. The molecule has 0 unspecified atom stereocenters. The van der Waals surface area contributed by atoms with Crippen molar-refractivity contribution in [1.82, 2.24) is 0 Å². The third-order valence-corrected chi connectivity index (χ3v) is 4.30. The molecule has 1 N–H and O–H groups in total. The van der Waals surface area contributed by atoms with E-state index in [1.165, 1.54) is 16.9 Å². The van der Waals surface area contributed by atoms with Gasteiger partial charge in [0.1, 0.15) is 0 Å². The van der Waals surface area contributed by atoms with Crippen LogP contribution in [0.2, 0.25) is 0 Å². The molecule has 0 amide bonds. The minimum atomic E-state index is 0.532. The Labute approximate surface area is 151 Å². The van der Waals surface area contributed by atoms with E-state index in [4.69, 9.17) is 0 Å².